The Labute approximate surface area is 82.7 Å². The first-order chi connectivity index (χ1) is 6.66. The molecule has 4 nitrogen and oxygen atoms in total. The predicted molar refractivity (Wildman–Crippen MR) is 53.6 cm³/mol. The summed E-state index contributed by atoms with van der Waals surface area (Å²) in [5, 5.41) is 0. The Hall–Kier alpha value is -1.58. The lowest BCUT2D eigenvalue weighted by Crippen LogP contribution is -2.18. The van der Waals surface area contributed by atoms with Crippen LogP contribution in [0.2, 0.25) is 0 Å². The van der Waals surface area contributed by atoms with Crippen molar-refractivity contribution in [3.05, 3.63) is 23.9 Å². The largest absolute Gasteiger partial charge is 0.384 e. The van der Waals surface area contributed by atoms with Crippen molar-refractivity contribution in [3.8, 4) is 0 Å². The van der Waals surface area contributed by atoms with Crippen molar-refractivity contribution in [1.82, 2.24) is 9.88 Å². The highest BCUT2D eigenvalue weighted by molar-refractivity contribution is 5.79. The standard InChI is InChI=1S/C10H13N3O/c1-13-6-8(4-10(13)14)7-2-3-9(11)12-5-7/h2-3,5,8H,4,6H2,1H3,(H2,11,12)/t8-/m1/s1. The molecule has 1 saturated heterocycles. The number of pyridine rings is 1. The first kappa shape index (κ1) is 8.99. The number of likely N-dealkylation sites (N-methyl/N-ethyl adjacent to an activating group) is 1. The van der Waals surface area contributed by atoms with Crippen molar-refractivity contribution < 1.29 is 4.79 Å². The lowest BCUT2D eigenvalue weighted by atomic mass is 10.0. The summed E-state index contributed by atoms with van der Waals surface area (Å²) in [6.45, 7) is 0.782. The molecule has 1 aliphatic rings. The maximum absolute atomic E-state index is 11.3. The Balaban J connectivity index is 2.17. The number of nitrogens with two attached hydrogens (primary N) is 1. The first-order valence-corrected chi connectivity index (χ1v) is 4.62. The van der Waals surface area contributed by atoms with Crippen LogP contribution in [0, 0.1) is 0 Å². The number of anilines is 1. The minimum Gasteiger partial charge on any atom is -0.384 e. The summed E-state index contributed by atoms with van der Waals surface area (Å²) in [5.41, 5.74) is 6.59. The summed E-state index contributed by atoms with van der Waals surface area (Å²) in [7, 11) is 1.83. The van der Waals surface area contributed by atoms with Crippen LogP contribution in [0.5, 0.6) is 0 Å². The van der Waals surface area contributed by atoms with Gasteiger partial charge < -0.3 is 10.6 Å². The molecule has 74 valence electrons. The Bertz CT molecular complexity index is 347. The third kappa shape index (κ3) is 1.55. The van der Waals surface area contributed by atoms with Crippen LogP contribution in [0.1, 0.15) is 17.9 Å². The van der Waals surface area contributed by atoms with Gasteiger partial charge in [0.05, 0.1) is 0 Å². The highest BCUT2D eigenvalue weighted by Crippen LogP contribution is 2.26. The molecular formula is C10H13N3O. The predicted octanol–water partition coefficient (Wildman–Crippen LogP) is 0.610. The second kappa shape index (κ2) is 3.29. The number of likely N-dealkylation sites (tertiary alicyclic amines) is 1. The maximum Gasteiger partial charge on any atom is 0.223 e. The Kier molecular flexibility index (Phi) is 2.11. The molecule has 0 spiro atoms. The van der Waals surface area contributed by atoms with Crippen molar-refractivity contribution in [2.75, 3.05) is 19.3 Å². The van der Waals surface area contributed by atoms with Gasteiger partial charge in [0.25, 0.3) is 0 Å². The molecule has 0 radical (unpaired) electrons. The molecule has 1 fully saturated rings. The summed E-state index contributed by atoms with van der Waals surface area (Å²) in [6.07, 6.45) is 2.34. The quantitative estimate of drug-likeness (QED) is 0.707. The molecule has 0 aromatic carbocycles. The lowest BCUT2D eigenvalue weighted by molar-refractivity contribution is -0.126. The minimum absolute atomic E-state index is 0.201. The Morgan fingerprint density at radius 2 is 2.36 bits per heavy atom. The van der Waals surface area contributed by atoms with Gasteiger partial charge in [-0.2, -0.15) is 0 Å². The van der Waals surface area contributed by atoms with E-state index < -0.39 is 0 Å². The van der Waals surface area contributed by atoms with Crippen LogP contribution in [-0.4, -0.2) is 29.4 Å². The third-order valence-corrected chi connectivity index (χ3v) is 2.62. The Morgan fingerprint density at radius 1 is 1.57 bits per heavy atom. The van der Waals surface area contributed by atoms with E-state index in [0.29, 0.717) is 12.2 Å². The van der Waals surface area contributed by atoms with Crippen molar-refractivity contribution in [2.45, 2.75) is 12.3 Å². The van der Waals surface area contributed by atoms with Gasteiger partial charge in [0.1, 0.15) is 5.82 Å². The molecule has 1 aromatic heterocycles. The van der Waals surface area contributed by atoms with Crippen LogP contribution >= 0.6 is 0 Å². The van der Waals surface area contributed by atoms with Gasteiger partial charge in [-0.25, -0.2) is 4.98 Å². The summed E-state index contributed by atoms with van der Waals surface area (Å²) in [4.78, 5) is 17.1. The fraction of sp³-hybridized carbons (Fsp3) is 0.400. The normalized spacial score (nSPS) is 21.6. The molecule has 2 heterocycles. The molecule has 1 amide bonds. The van der Waals surface area contributed by atoms with E-state index in [4.69, 9.17) is 5.73 Å². The van der Waals surface area contributed by atoms with Gasteiger partial charge in [0.2, 0.25) is 5.91 Å². The minimum atomic E-state index is 0.201. The molecule has 4 heteroatoms. The molecule has 1 aliphatic heterocycles. The van der Waals surface area contributed by atoms with E-state index in [2.05, 4.69) is 4.98 Å². The number of rotatable bonds is 1. The number of hydrogen-bond donors (Lipinski definition) is 1. The van der Waals surface area contributed by atoms with E-state index >= 15 is 0 Å². The van der Waals surface area contributed by atoms with Gasteiger partial charge in [-0.05, 0) is 11.6 Å². The van der Waals surface area contributed by atoms with Crippen molar-refractivity contribution >= 4 is 11.7 Å². The van der Waals surface area contributed by atoms with Crippen molar-refractivity contribution in [3.63, 3.8) is 0 Å². The van der Waals surface area contributed by atoms with Crippen LogP contribution in [0.25, 0.3) is 0 Å². The second-order valence-electron chi connectivity index (χ2n) is 3.69. The van der Waals surface area contributed by atoms with E-state index in [-0.39, 0.29) is 11.8 Å². The van der Waals surface area contributed by atoms with Crippen LogP contribution in [0.15, 0.2) is 18.3 Å². The fourth-order valence-electron chi connectivity index (χ4n) is 1.75. The molecule has 2 N–H and O–H groups in total. The van der Waals surface area contributed by atoms with Gasteiger partial charge >= 0.3 is 0 Å². The third-order valence-electron chi connectivity index (χ3n) is 2.62. The Morgan fingerprint density at radius 3 is 2.86 bits per heavy atom. The van der Waals surface area contributed by atoms with E-state index in [1.54, 1.807) is 17.2 Å². The SMILES string of the molecule is CN1C[C@H](c2ccc(N)nc2)CC1=O. The second-order valence-corrected chi connectivity index (χ2v) is 3.69. The van der Waals surface area contributed by atoms with Crippen LogP contribution < -0.4 is 5.73 Å². The summed E-state index contributed by atoms with van der Waals surface area (Å²) in [6, 6.07) is 3.72. The molecular weight excluding hydrogens is 178 g/mol. The average molecular weight is 191 g/mol. The maximum atomic E-state index is 11.3. The van der Waals surface area contributed by atoms with Crippen LogP contribution in [0.4, 0.5) is 5.82 Å². The van der Waals surface area contributed by atoms with Crippen LogP contribution in [-0.2, 0) is 4.79 Å². The molecule has 0 unspecified atom stereocenters. The van der Waals surface area contributed by atoms with Gasteiger partial charge in [0, 0.05) is 32.1 Å². The van der Waals surface area contributed by atoms with Gasteiger partial charge in [0.15, 0.2) is 0 Å². The highest BCUT2D eigenvalue weighted by atomic mass is 16.2. The monoisotopic (exact) mass is 191 g/mol. The first-order valence-electron chi connectivity index (χ1n) is 4.62. The number of amides is 1. The number of carbonyl (C=O) groups is 1. The molecule has 0 aliphatic carbocycles. The zero-order valence-corrected chi connectivity index (χ0v) is 8.10. The van der Waals surface area contributed by atoms with Crippen molar-refractivity contribution in [1.29, 1.82) is 0 Å². The summed E-state index contributed by atoms with van der Waals surface area (Å²) >= 11 is 0. The topological polar surface area (TPSA) is 59.2 Å². The summed E-state index contributed by atoms with van der Waals surface area (Å²) in [5.74, 6) is 0.999. The summed E-state index contributed by atoms with van der Waals surface area (Å²) < 4.78 is 0. The smallest absolute Gasteiger partial charge is 0.223 e. The number of aromatic nitrogens is 1. The number of nitrogens with zero attached hydrogens (tertiary/aromatic N) is 2. The van der Waals surface area contributed by atoms with E-state index in [9.17, 15) is 4.79 Å². The zero-order valence-electron chi connectivity index (χ0n) is 8.10. The van der Waals surface area contributed by atoms with Gasteiger partial charge in [-0.3, -0.25) is 4.79 Å². The fourth-order valence-corrected chi connectivity index (χ4v) is 1.75. The van der Waals surface area contributed by atoms with E-state index in [0.717, 1.165) is 12.1 Å². The molecule has 1 atom stereocenters. The highest BCUT2D eigenvalue weighted by Gasteiger charge is 2.27. The molecule has 0 saturated carbocycles. The lowest BCUT2D eigenvalue weighted by Gasteiger charge is -2.09. The van der Waals surface area contributed by atoms with E-state index in [1.165, 1.54) is 0 Å². The van der Waals surface area contributed by atoms with Crippen molar-refractivity contribution in [2.24, 2.45) is 0 Å². The van der Waals surface area contributed by atoms with Crippen LogP contribution in [0.3, 0.4) is 0 Å². The number of hydrogen-bond acceptors (Lipinski definition) is 3. The zero-order chi connectivity index (χ0) is 10.1. The number of nitrogen functional groups attached to an aromatic ring is 1. The molecule has 2 rings (SSSR count). The number of carbonyl (C=O) groups excluding carboxylic acids is 1. The molecule has 14 heavy (non-hydrogen) atoms. The molecule has 1 aromatic rings. The average Bonchev–Trinajstić information content (AvgIpc) is 2.48. The molecule has 0 bridgehead atoms. The van der Waals surface area contributed by atoms with Gasteiger partial charge in [-0.15, -0.1) is 0 Å². The van der Waals surface area contributed by atoms with Gasteiger partial charge in [-0.1, -0.05) is 6.07 Å². The van der Waals surface area contributed by atoms with E-state index in [1.807, 2.05) is 13.1 Å².